The van der Waals surface area contributed by atoms with Crippen LogP contribution in [0.2, 0.25) is 0 Å². The van der Waals surface area contributed by atoms with Crippen LogP contribution < -0.4 is 19.3 Å². The molecule has 6 nitrogen and oxygen atoms in total. The van der Waals surface area contributed by atoms with Crippen molar-refractivity contribution in [1.82, 2.24) is 9.97 Å². The maximum atomic E-state index is 5.38. The summed E-state index contributed by atoms with van der Waals surface area (Å²) < 4.78 is 10.7. The van der Waals surface area contributed by atoms with Crippen molar-refractivity contribution in [3.63, 3.8) is 0 Å². The molecular formula is C16H20N4O2. The molecule has 1 aliphatic rings. The van der Waals surface area contributed by atoms with E-state index in [-0.39, 0.29) is 0 Å². The molecule has 0 unspecified atom stereocenters. The Kier molecular flexibility index (Phi) is 4.27. The van der Waals surface area contributed by atoms with E-state index in [2.05, 4.69) is 25.8 Å². The van der Waals surface area contributed by atoms with Crippen molar-refractivity contribution >= 4 is 11.6 Å². The fraction of sp³-hybridized carbons (Fsp3) is 0.375. The number of hydrogen-bond acceptors (Lipinski definition) is 6. The first-order valence-electron chi connectivity index (χ1n) is 7.31. The lowest BCUT2D eigenvalue weighted by Crippen LogP contribution is -2.47. The van der Waals surface area contributed by atoms with Crippen LogP contribution in [0, 0.1) is 0 Å². The van der Waals surface area contributed by atoms with Gasteiger partial charge in [0.25, 0.3) is 0 Å². The van der Waals surface area contributed by atoms with E-state index >= 15 is 0 Å². The first-order chi connectivity index (χ1) is 10.8. The summed E-state index contributed by atoms with van der Waals surface area (Å²) in [6, 6.07) is 7.87. The number of nitrogens with zero attached hydrogens (tertiary/aromatic N) is 4. The lowest BCUT2D eigenvalue weighted by atomic mass is 10.2. The molecule has 0 bridgehead atoms. The SMILES string of the molecule is COc1ccc(N2CCN(c3ncccn3)CC2)cc1OC. The van der Waals surface area contributed by atoms with Crippen LogP contribution in [-0.2, 0) is 0 Å². The number of benzene rings is 1. The number of anilines is 2. The Morgan fingerprint density at radius 1 is 0.864 bits per heavy atom. The number of aromatic nitrogens is 2. The number of piperazine rings is 1. The van der Waals surface area contributed by atoms with Crippen LogP contribution >= 0.6 is 0 Å². The number of rotatable bonds is 4. The summed E-state index contributed by atoms with van der Waals surface area (Å²) in [4.78, 5) is 13.2. The maximum Gasteiger partial charge on any atom is 0.225 e. The van der Waals surface area contributed by atoms with Crippen LogP contribution in [0.4, 0.5) is 11.6 Å². The van der Waals surface area contributed by atoms with E-state index in [1.54, 1.807) is 26.6 Å². The Morgan fingerprint density at radius 2 is 1.50 bits per heavy atom. The van der Waals surface area contributed by atoms with Crippen LogP contribution in [0.3, 0.4) is 0 Å². The highest BCUT2D eigenvalue weighted by Crippen LogP contribution is 2.31. The predicted molar refractivity (Wildman–Crippen MR) is 86.0 cm³/mol. The highest BCUT2D eigenvalue weighted by atomic mass is 16.5. The molecule has 1 aromatic carbocycles. The second kappa shape index (κ2) is 6.51. The average molecular weight is 300 g/mol. The summed E-state index contributed by atoms with van der Waals surface area (Å²) in [6.45, 7) is 3.65. The Morgan fingerprint density at radius 3 is 2.14 bits per heavy atom. The minimum atomic E-state index is 0.752. The molecule has 2 heterocycles. The van der Waals surface area contributed by atoms with Crippen LogP contribution in [0.1, 0.15) is 0 Å². The lowest BCUT2D eigenvalue weighted by molar-refractivity contribution is 0.355. The van der Waals surface area contributed by atoms with Crippen LogP contribution in [0.5, 0.6) is 11.5 Å². The van der Waals surface area contributed by atoms with Gasteiger partial charge in [-0.1, -0.05) is 0 Å². The van der Waals surface area contributed by atoms with Crippen molar-refractivity contribution in [3.05, 3.63) is 36.7 Å². The lowest BCUT2D eigenvalue weighted by Gasteiger charge is -2.36. The molecule has 0 atom stereocenters. The topological polar surface area (TPSA) is 50.7 Å². The van der Waals surface area contributed by atoms with E-state index in [4.69, 9.17) is 9.47 Å². The molecule has 3 rings (SSSR count). The van der Waals surface area contributed by atoms with Crippen LogP contribution in [0.15, 0.2) is 36.7 Å². The second-order valence-electron chi connectivity index (χ2n) is 5.06. The van der Waals surface area contributed by atoms with Crippen molar-refractivity contribution < 1.29 is 9.47 Å². The minimum Gasteiger partial charge on any atom is -0.493 e. The summed E-state index contributed by atoms with van der Waals surface area (Å²) in [6.07, 6.45) is 3.56. The zero-order chi connectivity index (χ0) is 15.4. The van der Waals surface area contributed by atoms with E-state index in [9.17, 15) is 0 Å². The molecule has 0 saturated carbocycles. The van der Waals surface area contributed by atoms with Gasteiger partial charge in [-0.05, 0) is 18.2 Å². The molecular weight excluding hydrogens is 280 g/mol. The van der Waals surface area contributed by atoms with Crippen molar-refractivity contribution in [2.24, 2.45) is 0 Å². The van der Waals surface area contributed by atoms with E-state index in [0.29, 0.717) is 0 Å². The Bertz CT molecular complexity index is 613. The van der Waals surface area contributed by atoms with Crippen molar-refractivity contribution in [2.75, 3.05) is 50.2 Å². The quantitative estimate of drug-likeness (QED) is 0.858. The van der Waals surface area contributed by atoms with Crippen molar-refractivity contribution in [2.45, 2.75) is 0 Å². The number of ether oxygens (including phenoxy) is 2. The molecule has 1 aromatic heterocycles. The predicted octanol–water partition coefficient (Wildman–Crippen LogP) is 1.82. The first-order valence-corrected chi connectivity index (χ1v) is 7.31. The summed E-state index contributed by atoms with van der Waals surface area (Å²) in [7, 11) is 3.31. The highest BCUT2D eigenvalue weighted by molar-refractivity contribution is 5.57. The molecule has 22 heavy (non-hydrogen) atoms. The van der Waals surface area contributed by atoms with Gasteiger partial charge in [0.2, 0.25) is 5.95 Å². The van der Waals surface area contributed by atoms with Gasteiger partial charge in [-0.15, -0.1) is 0 Å². The standard InChI is InChI=1S/C16H20N4O2/c1-21-14-5-4-13(12-15(14)22-2)19-8-10-20(11-9-19)16-17-6-3-7-18-16/h3-7,12H,8-11H2,1-2H3. The largest absolute Gasteiger partial charge is 0.493 e. The molecule has 6 heteroatoms. The summed E-state index contributed by atoms with van der Waals surface area (Å²) in [5, 5.41) is 0. The minimum absolute atomic E-state index is 0.752. The second-order valence-corrected chi connectivity index (χ2v) is 5.06. The van der Waals surface area contributed by atoms with Gasteiger partial charge < -0.3 is 19.3 Å². The first kappa shape index (κ1) is 14.4. The van der Waals surface area contributed by atoms with Crippen LogP contribution in [0.25, 0.3) is 0 Å². The van der Waals surface area contributed by atoms with E-state index in [1.165, 1.54) is 0 Å². The maximum absolute atomic E-state index is 5.38. The molecule has 0 radical (unpaired) electrons. The van der Waals surface area contributed by atoms with Gasteiger partial charge in [-0.2, -0.15) is 0 Å². The fourth-order valence-electron chi connectivity index (χ4n) is 2.64. The van der Waals surface area contributed by atoms with Gasteiger partial charge in [0.05, 0.1) is 14.2 Å². The van der Waals surface area contributed by atoms with E-state index < -0.39 is 0 Å². The monoisotopic (exact) mass is 300 g/mol. The zero-order valence-corrected chi connectivity index (χ0v) is 12.9. The summed E-state index contributed by atoms with van der Waals surface area (Å²) in [5.74, 6) is 2.31. The van der Waals surface area contributed by atoms with Crippen molar-refractivity contribution in [3.8, 4) is 11.5 Å². The summed E-state index contributed by atoms with van der Waals surface area (Å²) >= 11 is 0. The van der Waals surface area contributed by atoms with Crippen LogP contribution in [-0.4, -0.2) is 50.4 Å². The molecule has 0 spiro atoms. The molecule has 116 valence electrons. The third kappa shape index (κ3) is 2.90. The normalized spacial score (nSPS) is 14.8. The zero-order valence-electron chi connectivity index (χ0n) is 12.9. The van der Waals surface area contributed by atoms with Gasteiger partial charge >= 0.3 is 0 Å². The molecule has 0 amide bonds. The molecule has 1 fully saturated rings. The number of hydrogen-bond donors (Lipinski definition) is 0. The molecule has 1 aliphatic heterocycles. The molecule has 1 saturated heterocycles. The van der Waals surface area contributed by atoms with E-state index in [1.807, 2.05) is 18.2 Å². The fourth-order valence-corrected chi connectivity index (χ4v) is 2.64. The van der Waals surface area contributed by atoms with Gasteiger partial charge in [0.15, 0.2) is 11.5 Å². The Balaban J connectivity index is 1.69. The Labute approximate surface area is 130 Å². The summed E-state index contributed by atoms with van der Waals surface area (Å²) in [5.41, 5.74) is 1.14. The highest BCUT2D eigenvalue weighted by Gasteiger charge is 2.19. The third-order valence-electron chi connectivity index (χ3n) is 3.85. The Hall–Kier alpha value is -2.50. The number of methoxy groups -OCH3 is 2. The van der Waals surface area contributed by atoms with Gasteiger partial charge in [0.1, 0.15) is 0 Å². The molecule has 0 aliphatic carbocycles. The molecule has 2 aromatic rings. The van der Waals surface area contributed by atoms with Gasteiger partial charge in [-0.25, -0.2) is 9.97 Å². The smallest absolute Gasteiger partial charge is 0.225 e. The average Bonchev–Trinajstić information content (AvgIpc) is 2.62. The van der Waals surface area contributed by atoms with Gasteiger partial charge in [0, 0.05) is 50.3 Å². The van der Waals surface area contributed by atoms with Gasteiger partial charge in [-0.3, -0.25) is 0 Å². The third-order valence-corrected chi connectivity index (χ3v) is 3.85. The van der Waals surface area contributed by atoms with Crippen molar-refractivity contribution in [1.29, 1.82) is 0 Å². The molecule has 0 N–H and O–H groups in total. The van der Waals surface area contributed by atoms with E-state index in [0.717, 1.165) is 49.3 Å².